The van der Waals surface area contributed by atoms with Crippen molar-refractivity contribution in [3.63, 3.8) is 0 Å². The van der Waals surface area contributed by atoms with Crippen LogP contribution in [-0.2, 0) is 9.47 Å². The number of aliphatic imine (C=N–C) groups is 2. The molecule has 2 aliphatic heterocycles. The van der Waals surface area contributed by atoms with E-state index in [1.54, 1.807) is 0 Å². The van der Waals surface area contributed by atoms with Gasteiger partial charge in [0.25, 0.3) is 0 Å². The average molecular weight is 294 g/mol. The van der Waals surface area contributed by atoms with E-state index >= 15 is 0 Å². The number of hydrogen-bond donors (Lipinski definition) is 0. The highest BCUT2D eigenvalue weighted by molar-refractivity contribution is 6.06. The van der Waals surface area contributed by atoms with E-state index in [2.05, 4.69) is 41.5 Å². The third-order valence-corrected chi connectivity index (χ3v) is 4.91. The molecular weight excluding hydrogens is 264 g/mol. The Morgan fingerprint density at radius 2 is 1.29 bits per heavy atom. The lowest BCUT2D eigenvalue weighted by Gasteiger charge is -2.29. The van der Waals surface area contributed by atoms with E-state index in [9.17, 15) is 0 Å². The molecule has 0 N–H and O–H groups in total. The summed E-state index contributed by atoms with van der Waals surface area (Å²) >= 11 is 0. The average Bonchev–Trinajstić information content (AvgIpc) is 3.10. The van der Waals surface area contributed by atoms with Crippen LogP contribution in [0.15, 0.2) is 9.98 Å². The molecule has 0 aromatic heterocycles. The summed E-state index contributed by atoms with van der Waals surface area (Å²) in [7, 11) is 0. The first-order chi connectivity index (χ1) is 9.94. The molecular formula is C17H30N2O2. The van der Waals surface area contributed by atoms with E-state index in [4.69, 9.17) is 19.5 Å². The lowest BCUT2D eigenvalue weighted by Crippen LogP contribution is -2.39. The minimum absolute atomic E-state index is 0.264. The van der Waals surface area contributed by atoms with Crippen LogP contribution in [0.3, 0.4) is 0 Å². The highest BCUT2D eigenvalue weighted by Gasteiger charge is 2.46. The molecule has 2 atom stereocenters. The maximum absolute atomic E-state index is 5.97. The summed E-state index contributed by atoms with van der Waals surface area (Å²) < 4.78 is 11.9. The molecule has 0 aromatic carbocycles. The van der Waals surface area contributed by atoms with Gasteiger partial charge in [0.1, 0.15) is 18.6 Å². The zero-order chi connectivity index (χ0) is 15.6. The Hall–Kier alpha value is -1.06. The molecule has 0 fully saturated rings. The van der Waals surface area contributed by atoms with Gasteiger partial charge in [-0.3, -0.25) is 0 Å². The zero-order valence-corrected chi connectivity index (χ0v) is 14.3. The Kier molecular flexibility index (Phi) is 4.95. The van der Waals surface area contributed by atoms with E-state index in [-0.39, 0.29) is 17.5 Å². The molecule has 0 spiro atoms. The van der Waals surface area contributed by atoms with Gasteiger partial charge in [-0.05, 0) is 24.7 Å². The van der Waals surface area contributed by atoms with Crippen molar-refractivity contribution in [3.8, 4) is 0 Å². The molecule has 0 radical (unpaired) electrons. The second-order valence-corrected chi connectivity index (χ2v) is 6.90. The van der Waals surface area contributed by atoms with Gasteiger partial charge in [0.2, 0.25) is 0 Å². The van der Waals surface area contributed by atoms with Crippen LogP contribution in [0.4, 0.5) is 0 Å². The Morgan fingerprint density at radius 3 is 1.52 bits per heavy atom. The smallest absolute Gasteiger partial charge is 0.199 e. The monoisotopic (exact) mass is 294 g/mol. The van der Waals surface area contributed by atoms with Crippen molar-refractivity contribution >= 4 is 11.8 Å². The second kappa shape index (κ2) is 6.37. The summed E-state index contributed by atoms with van der Waals surface area (Å²) in [4.78, 5) is 9.70. The lowest BCUT2D eigenvalue weighted by atomic mass is 9.81. The lowest BCUT2D eigenvalue weighted by molar-refractivity contribution is 0.233. The Bertz CT molecular complexity index is 387. The van der Waals surface area contributed by atoms with Gasteiger partial charge in [-0.2, -0.15) is 0 Å². The van der Waals surface area contributed by atoms with Gasteiger partial charge < -0.3 is 9.47 Å². The van der Waals surface area contributed by atoms with Crippen LogP contribution < -0.4 is 0 Å². The molecule has 4 nitrogen and oxygen atoms in total. The predicted octanol–water partition coefficient (Wildman–Crippen LogP) is 3.70. The Balaban J connectivity index is 2.30. The molecule has 0 saturated heterocycles. The Morgan fingerprint density at radius 1 is 0.905 bits per heavy atom. The van der Waals surface area contributed by atoms with Gasteiger partial charge in [0.05, 0.1) is 12.1 Å². The fourth-order valence-corrected chi connectivity index (χ4v) is 2.93. The molecule has 0 saturated carbocycles. The standard InChI is InChI=1S/C17H30N2O2/c1-7-17(8-2,15-18-13(9-20-15)11(3)4)16-19-14(10-21-16)12(5)6/h11-14H,7-10H2,1-6H3. The van der Waals surface area contributed by atoms with Crippen LogP contribution >= 0.6 is 0 Å². The van der Waals surface area contributed by atoms with Crippen LogP contribution in [0.2, 0.25) is 0 Å². The minimum atomic E-state index is -0.271. The highest BCUT2D eigenvalue weighted by atomic mass is 16.5. The molecule has 0 aliphatic carbocycles. The fourth-order valence-electron chi connectivity index (χ4n) is 2.93. The first-order valence-electron chi connectivity index (χ1n) is 8.36. The second-order valence-electron chi connectivity index (χ2n) is 6.90. The van der Waals surface area contributed by atoms with Gasteiger partial charge in [-0.1, -0.05) is 41.5 Å². The topological polar surface area (TPSA) is 43.2 Å². The van der Waals surface area contributed by atoms with Gasteiger partial charge in [0, 0.05) is 0 Å². The van der Waals surface area contributed by atoms with E-state index in [1.807, 2.05) is 0 Å². The number of rotatable bonds is 6. The predicted molar refractivity (Wildman–Crippen MR) is 87.0 cm³/mol. The normalized spacial score (nSPS) is 25.9. The SMILES string of the molecule is CCC(CC)(C1=NC(C(C)C)CO1)C1=NC(C(C)C)CO1. The summed E-state index contributed by atoms with van der Waals surface area (Å²) in [5, 5.41) is 0. The van der Waals surface area contributed by atoms with Crippen molar-refractivity contribution in [2.24, 2.45) is 27.2 Å². The summed E-state index contributed by atoms with van der Waals surface area (Å²) in [6.45, 7) is 14.5. The van der Waals surface area contributed by atoms with Crippen LogP contribution in [0.25, 0.3) is 0 Å². The molecule has 2 heterocycles. The maximum Gasteiger partial charge on any atom is 0.199 e. The first kappa shape index (κ1) is 16.3. The number of nitrogens with zero attached hydrogens (tertiary/aromatic N) is 2. The summed E-state index contributed by atoms with van der Waals surface area (Å²) in [5.41, 5.74) is -0.271. The number of ether oxygens (including phenoxy) is 2. The summed E-state index contributed by atoms with van der Waals surface area (Å²) in [5.74, 6) is 2.69. The zero-order valence-electron chi connectivity index (χ0n) is 14.3. The van der Waals surface area contributed by atoms with Gasteiger partial charge in [-0.25, -0.2) is 9.98 Å². The van der Waals surface area contributed by atoms with E-state index in [0.717, 1.165) is 24.6 Å². The first-order valence-corrected chi connectivity index (χ1v) is 8.36. The van der Waals surface area contributed by atoms with E-state index in [0.29, 0.717) is 25.0 Å². The molecule has 2 aliphatic rings. The molecule has 2 unspecified atom stereocenters. The van der Waals surface area contributed by atoms with Crippen LogP contribution in [-0.4, -0.2) is 37.1 Å². The van der Waals surface area contributed by atoms with Crippen molar-refractivity contribution in [1.82, 2.24) is 0 Å². The number of hydrogen-bond acceptors (Lipinski definition) is 4. The molecule has 0 amide bonds. The molecule has 4 heteroatoms. The van der Waals surface area contributed by atoms with Crippen molar-refractivity contribution in [2.45, 2.75) is 66.5 Å². The van der Waals surface area contributed by atoms with Gasteiger partial charge >= 0.3 is 0 Å². The van der Waals surface area contributed by atoms with Gasteiger partial charge in [-0.15, -0.1) is 0 Å². The van der Waals surface area contributed by atoms with Crippen LogP contribution in [0.1, 0.15) is 54.4 Å². The maximum atomic E-state index is 5.97. The molecule has 120 valence electrons. The van der Waals surface area contributed by atoms with E-state index in [1.165, 1.54) is 0 Å². The van der Waals surface area contributed by atoms with Crippen molar-refractivity contribution in [2.75, 3.05) is 13.2 Å². The molecule has 0 bridgehead atoms. The van der Waals surface area contributed by atoms with Crippen molar-refractivity contribution in [1.29, 1.82) is 0 Å². The summed E-state index contributed by atoms with van der Waals surface area (Å²) in [6.07, 6.45) is 1.83. The third kappa shape index (κ3) is 2.95. The quantitative estimate of drug-likeness (QED) is 0.749. The molecule has 2 rings (SSSR count). The van der Waals surface area contributed by atoms with Crippen molar-refractivity contribution in [3.05, 3.63) is 0 Å². The minimum Gasteiger partial charge on any atom is -0.478 e. The van der Waals surface area contributed by atoms with E-state index < -0.39 is 0 Å². The van der Waals surface area contributed by atoms with Crippen molar-refractivity contribution < 1.29 is 9.47 Å². The highest BCUT2D eigenvalue weighted by Crippen LogP contribution is 2.37. The summed E-state index contributed by atoms with van der Waals surface area (Å²) in [6, 6.07) is 0.528. The third-order valence-electron chi connectivity index (χ3n) is 4.91. The molecule has 21 heavy (non-hydrogen) atoms. The van der Waals surface area contributed by atoms with Crippen LogP contribution in [0.5, 0.6) is 0 Å². The molecule has 0 aromatic rings. The van der Waals surface area contributed by atoms with Crippen LogP contribution in [0, 0.1) is 17.3 Å². The van der Waals surface area contributed by atoms with Gasteiger partial charge in [0.15, 0.2) is 11.8 Å². The fraction of sp³-hybridized carbons (Fsp3) is 0.882. The Labute approximate surface area is 129 Å². The largest absolute Gasteiger partial charge is 0.478 e.